The molecule has 0 fully saturated rings. The Hall–Kier alpha value is -4.03. The second-order valence-electron chi connectivity index (χ2n) is 7.31. The molecule has 0 bridgehead atoms. The molecule has 2 aromatic heterocycles. The van der Waals surface area contributed by atoms with Gasteiger partial charge in [0.05, 0.1) is 5.69 Å². The van der Waals surface area contributed by atoms with Gasteiger partial charge in [-0.2, -0.15) is 0 Å². The molecule has 0 aliphatic carbocycles. The molecule has 156 valence electrons. The van der Waals surface area contributed by atoms with E-state index in [0.717, 1.165) is 27.3 Å². The number of thiazole rings is 1. The van der Waals surface area contributed by atoms with Crippen molar-refractivity contribution < 1.29 is 9.21 Å². The van der Waals surface area contributed by atoms with Crippen LogP contribution in [-0.4, -0.2) is 10.9 Å². The van der Waals surface area contributed by atoms with E-state index in [4.69, 9.17) is 4.42 Å². The molecule has 2 heterocycles. The average molecular weight is 439 g/mol. The summed E-state index contributed by atoms with van der Waals surface area (Å²) in [6.07, 6.45) is 0. The second-order valence-corrected chi connectivity index (χ2v) is 8.51. The zero-order chi connectivity index (χ0) is 22.1. The summed E-state index contributed by atoms with van der Waals surface area (Å²) in [5.41, 5.74) is 3.76. The van der Waals surface area contributed by atoms with Crippen molar-refractivity contribution in [2.24, 2.45) is 0 Å². The van der Waals surface area contributed by atoms with E-state index in [1.807, 2.05) is 43.3 Å². The van der Waals surface area contributed by atoms with Gasteiger partial charge in [-0.25, -0.2) is 9.78 Å². The van der Waals surface area contributed by atoms with Crippen molar-refractivity contribution in [3.8, 4) is 22.4 Å². The number of aromatic nitrogens is 1. The van der Waals surface area contributed by atoms with Crippen molar-refractivity contribution in [3.05, 3.63) is 106 Å². The Morgan fingerprint density at radius 2 is 1.53 bits per heavy atom. The van der Waals surface area contributed by atoms with Crippen molar-refractivity contribution in [2.75, 3.05) is 5.32 Å². The Kier molecular flexibility index (Phi) is 5.13. The zero-order valence-electron chi connectivity index (χ0n) is 17.2. The van der Waals surface area contributed by atoms with Crippen LogP contribution in [0.1, 0.15) is 15.2 Å². The average Bonchev–Trinajstić information content (AvgIpc) is 3.19. The molecule has 32 heavy (non-hydrogen) atoms. The fourth-order valence-electron chi connectivity index (χ4n) is 3.55. The molecule has 5 rings (SSSR count). The van der Waals surface area contributed by atoms with Gasteiger partial charge >= 0.3 is 5.63 Å². The first-order chi connectivity index (χ1) is 15.6. The van der Waals surface area contributed by atoms with Gasteiger partial charge in [-0.3, -0.25) is 10.1 Å². The van der Waals surface area contributed by atoms with E-state index in [-0.39, 0.29) is 5.56 Å². The highest BCUT2D eigenvalue weighted by Gasteiger charge is 2.17. The number of hydrogen-bond donors (Lipinski definition) is 1. The van der Waals surface area contributed by atoms with Crippen molar-refractivity contribution in [1.82, 2.24) is 4.98 Å². The maximum atomic E-state index is 12.7. The zero-order valence-corrected chi connectivity index (χ0v) is 18.0. The Balaban J connectivity index is 1.40. The van der Waals surface area contributed by atoms with Gasteiger partial charge in [0, 0.05) is 15.8 Å². The molecule has 0 spiro atoms. The monoisotopic (exact) mass is 438 g/mol. The number of amides is 1. The first-order valence-corrected chi connectivity index (χ1v) is 10.9. The molecule has 5 aromatic rings. The van der Waals surface area contributed by atoms with E-state index in [1.165, 1.54) is 11.3 Å². The molecule has 0 saturated carbocycles. The number of carbonyl (C=O) groups is 1. The van der Waals surface area contributed by atoms with Crippen molar-refractivity contribution in [2.45, 2.75) is 6.92 Å². The molecule has 1 N–H and O–H groups in total. The lowest BCUT2D eigenvalue weighted by atomic mass is 10.0. The molecule has 1 amide bonds. The Morgan fingerprint density at radius 3 is 2.31 bits per heavy atom. The lowest BCUT2D eigenvalue weighted by Gasteiger charge is -2.04. The van der Waals surface area contributed by atoms with Crippen LogP contribution < -0.4 is 10.9 Å². The van der Waals surface area contributed by atoms with Crippen LogP contribution >= 0.6 is 11.3 Å². The lowest BCUT2D eigenvalue weighted by Crippen LogP contribution is -2.20. The van der Waals surface area contributed by atoms with Gasteiger partial charge in [-0.05, 0) is 30.2 Å². The molecule has 0 unspecified atom stereocenters. The van der Waals surface area contributed by atoms with Crippen molar-refractivity contribution in [1.29, 1.82) is 0 Å². The Morgan fingerprint density at radius 1 is 0.875 bits per heavy atom. The summed E-state index contributed by atoms with van der Waals surface area (Å²) < 4.78 is 5.26. The lowest BCUT2D eigenvalue weighted by molar-refractivity contribution is 0.102. The normalized spacial score (nSPS) is 10.9. The van der Waals surface area contributed by atoms with Crippen LogP contribution in [-0.2, 0) is 0 Å². The molecule has 0 atom stereocenters. The quantitative estimate of drug-likeness (QED) is 0.342. The summed E-state index contributed by atoms with van der Waals surface area (Å²) in [5, 5.41) is 3.86. The second kappa shape index (κ2) is 8.24. The predicted octanol–water partition coefficient (Wildman–Crippen LogP) is 6.14. The molecule has 0 saturated heterocycles. The third-order valence-corrected chi connectivity index (χ3v) is 6.05. The summed E-state index contributed by atoms with van der Waals surface area (Å²) in [6, 6.07) is 26.9. The maximum absolute atomic E-state index is 12.7. The minimum Gasteiger partial charge on any atom is -0.422 e. The molecule has 5 nitrogen and oxygen atoms in total. The third kappa shape index (κ3) is 3.84. The number of fused-ring (bicyclic) bond motifs is 1. The van der Waals surface area contributed by atoms with Gasteiger partial charge in [0.1, 0.15) is 11.1 Å². The molecule has 0 aliphatic rings. The van der Waals surface area contributed by atoms with E-state index in [1.54, 1.807) is 24.3 Å². The first kappa shape index (κ1) is 19.9. The van der Waals surface area contributed by atoms with Crippen molar-refractivity contribution in [3.63, 3.8) is 0 Å². The summed E-state index contributed by atoms with van der Waals surface area (Å²) >= 11 is 1.37. The number of anilines is 1. The van der Waals surface area contributed by atoms with E-state index < -0.39 is 11.5 Å². The van der Waals surface area contributed by atoms with Crippen LogP contribution in [0.25, 0.3) is 33.4 Å². The number of hydrogen-bond acceptors (Lipinski definition) is 5. The number of benzene rings is 3. The van der Waals surface area contributed by atoms with Gasteiger partial charge in [-0.1, -0.05) is 72.8 Å². The van der Waals surface area contributed by atoms with Crippen LogP contribution in [0.5, 0.6) is 0 Å². The number of para-hydroxylation sites is 1. The third-order valence-electron chi connectivity index (χ3n) is 5.17. The fraction of sp³-hybridized carbons (Fsp3) is 0.0385. The highest BCUT2D eigenvalue weighted by molar-refractivity contribution is 7.16. The first-order valence-electron chi connectivity index (χ1n) is 10.1. The SMILES string of the molecule is Cc1sc(NC(=O)c2cc3ccccc3oc2=O)nc1-c1ccc(-c2ccccc2)cc1. The van der Waals surface area contributed by atoms with Gasteiger partial charge in [0.15, 0.2) is 5.13 Å². The van der Waals surface area contributed by atoms with E-state index in [0.29, 0.717) is 16.1 Å². The van der Waals surface area contributed by atoms with E-state index in [2.05, 4.69) is 34.6 Å². The van der Waals surface area contributed by atoms with Gasteiger partial charge in [0.2, 0.25) is 0 Å². The van der Waals surface area contributed by atoms with E-state index >= 15 is 0 Å². The number of aryl methyl sites for hydroxylation is 1. The molecule has 0 radical (unpaired) electrons. The summed E-state index contributed by atoms with van der Waals surface area (Å²) in [5.74, 6) is -0.538. The highest BCUT2D eigenvalue weighted by Crippen LogP contribution is 2.32. The molecular formula is C26H18N2O3S. The highest BCUT2D eigenvalue weighted by atomic mass is 32.1. The standard InChI is InChI=1S/C26H18N2O3S/c1-16-23(19-13-11-18(12-14-19)17-7-3-2-4-8-17)27-26(32-16)28-24(29)21-15-20-9-5-6-10-22(20)31-25(21)30/h2-15H,1H3,(H,27,28,29). The van der Waals surface area contributed by atoms with Gasteiger partial charge in [0.25, 0.3) is 5.91 Å². The Bertz CT molecular complexity index is 1490. The fourth-order valence-corrected chi connectivity index (χ4v) is 4.38. The summed E-state index contributed by atoms with van der Waals surface area (Å²) in [7, 11) is 0. The minimum atomic E-state index is -0.675. The number of rotatable bonds is 4. The molecule has 3 aromatic carbocycles. The van der Waals surface area contributed by atoms with Crippen LogP contribution in [0, 0.1) is 6.92 Å². The summed E-state index contributed by atoms with van der Waals surface area (Å²) in [6.45, 7) is 1.96. The number of nitrogens with one attached hydrogen (secondary N) is 1. The van der Waals surface area contributed by atoms with Crippen LogP contribution in [0.2, 0.25) is 0 Å². The maximum Gasteiger partial charge on any atom is 0.349 e. The minimum absolute atomic E-state index is 0.0506. The van der Waals surface area contributed by atoms with E-state index in [9.17, 15) is 9.59 Å². The topological polar surface area (TPSA) is 72.2 Å². The molecular weight excluding hydrogens is 420 g/mol. The Labute approximate surface area is 188 Å². The van der Waals surface area contributed by atoms with Gasteiger partial charge < -0.3 is 4.42 Å². The molecule has 0 aliphatic heterocycles. The number of nitrogens with zero attached hydrogens (tertiary/aromatic N) is 1. The smallest absolute Gasteiger partial charge is 0.349 e. The number of carbonyl (C=O) groups excluding carboxylic acids is 1. The van der Waals surface area contributed by atoms with Crippen LogP contribution in [0.15, 0.2) is 94.1 Å². The van der Waals surface area contributed by atoms with Gasteiger partial charge in [-0.15, -0.1) is 11.3 Å². The molecule has 6 heteroatoms. The van der Waals surface area contributed by atoms with Crippen molar-refractivity contribution >= 4 is 33.3 Å². The summed E-state index contributed by atoms with van der Waals surface area (Å²) in [4.78, 5) is 30.6. The van der Waals surface area contributed by atoms with Crippen LogP contribution in [0.4, 0.5) is 5.13 Å². The predicted molar refractivity (Wildman–Crippen MR) is 128 cm³/mol. The van der Waals surface area contributed by atoms with Crippen LogP contribution in [0.3, 0.4) is 0 Å². The largest absolute Gasteiger partial charge is 0.422 e.